The molecule has 1 aliphatic heterocycles. The molecule has 27 heavy (non-hydrogen) atoms. The SMILES string of the molecule is CN(C)c1ccc(C(=O)N2CCCN(C(=O)c3cccc(O)c3)CC2)cc1. The van der Waals surface area contributed by atoms with E-state index in [1.807, 2.05) is 43.3 Å². The maximum absolute atomic E-state index is 12.8. The lowest BCUT2D eigenvalue weighted by molar-refractivity contribution is 0.0718. The van der Waals surface area contributed by atoms with Crippen LogP contribution >= 0.6 is 0 Å². The normalized spacial score (nSPS) is 14.6. The molecule has 1 saturated heterocycles. The molecule has 6 nitrogen and oxygen atoms in total. The van der Waals surface area contributed by atoms with Crippen LogP contribution in [0, 0.1) is 0 Å². The summed E-state index contributed by atoms with van der Waals surface area (Å²) >= 11 is 0. The fourth-order valence-corrected chi connectivity index (χ4v) is 3.23. The van der Waals surface area contributed by atoms with Crippen molar-refractivity contribution >= 4 is 17.5 Å². The maximum atomic E-state index is 12.8. The second-order valence-electron chi connectivity index (χ2n) is 6.93. The van der Waals surface area contributed by atoms with Gasteiger partial charge in [0.15, 0.2) is 0 Å². The van der Waals surface area contributed by atoms with Crippen molar-refractivity contribution in [2.45, 2.75) is 6.42 Å². The number of phenolic OH excluding ortho intramolecular Hbond substituents is 1. The Kier molecular flexibility index (Phi) is 5.64. The number of amides is 2. The van der Waals surface area contributed by atoms with Gasteiger partial charge >= 0.3 is 0 Å². The van der Waals surface area contributed by atoms with E-state index in [9.17, 15) is 14.7 Å². The third-order valence-corrected chi connectivity index (χ3v) is 4.79. The second-order valence-corrected chi connectivity index (χ2v) is 6.93. The van der Waals surface area contributed by atoms with Gasteiger partial charge in [0.2, 0.25) is 0 Å². The highest BCUT2D eigenvalue weighted by Crippen LogP contribution is 2.17. The van der Waals surface area contributed by atoms with E-state index < -0.39 is 0 Å². The van der Waals surface area contributed by atoms with Gasteiger partial charge in [0.05, 0.1) is 0 Å². The molecule has 0 spiro atoms. The quantitative estimate of drug-likeness (QED) is 0.905. The number of nitrogens with zero attached hydrogens (tertiary/aromatic N) is 3. The van der Waals surface area contributed by atoms with Gasteiger partial charge in [-0.15, -0.1) is 0 Å². The van der Waals surface area contributed by atoms with Gasteiger partial charge in [0.1, 0.15) is 5.75 Å². The smallest absolute Gasteiger partial charge is 0.254 e. The van der Waals surface area contributed by atoms with Gasteiger partial charge in [-0.3, -0.25) is 9.59 Å². The van der Waals surface area contributed by atoms with Crippen LogP contribution in [0.25, 0.3) is 0 Å². The first-order chi connectivity index (χ1) is 13.0. The molecule has 0 saturated carbocycles. The molecule has 1 N–H and O–H groups in total. The lowest BCUT2D eigenvalue weighted by atomic mass is 10.1. The Hall–Kier alpha value is -3.02. The summed E-state index contributed by atoms with van der Waals surface area (Å²) in [5.41, 5.74) is 2.17. The lowest BCUT2D eigenvalue weighted by Gasteiger charge is -2.22. The number of phenols is 1. The van der Waals surface area contributed by atoms with Crippen LogP contribution in [0.15, 0.2) is 48.5 Å². The third-order valence-electron chi connectivity index (χ3n) is 4.79. The first kappa shape index (κ1) is 18.8. The van der Waals surface area contributed by atoms with Crippen LogP contribution in [0.1, 0.15) is 27.1 Å². The fourth-order valence-electron chi connectivity index (χ4n) is 3.23. The topological polar surface area (TPSA) is 64.1 Å². The van der Waals surface area contributed by atoms with E-state index >= 15 is 0 Å². The molecule has 3 rings (SSSR count). The number of rotatable bonds is 3. The van der Waals surface area contributed by atoms with Crippen molar-refractivity contribution in [2.75, 3.05) is 45.2 Å². The molecule has 2 aromatic carbocycles. The van der Waals surface area contributed by atoms with E-state index in [1.165, 1.54) is 6.07 Å². The minimum Gasteiger partial charge on any atom is -0.508 e. The van der Waals surface area contributed by atoms with Gasteiger partial charge in [-0.25, -0.2) is 0 Å². The van der Waals surface area contributed by atoms with Gasteiger partial charge in [-0.05, 0) is 48.9 Å². The molecule has 0 aliphatic carbocycles. The molecule has 0 unspecified atom stereocenters. The van der Waals surface area contributed by atoms with Crippen molar-refractivity contribution in [3.05, 3.63) is 59.7 Å². The molecule has 1 aliphatic rings. The van der Waals surface area contributed by atoms with Crippen LogP contribution < -0.4 is 4.90 Å². The van der Waals surface area contributed by atoms with E-state index in [2.05, 4.69) is 0 Å². The van der Waals surface area contributed by atoms with Gasteiger partial charge < -0.3 is 19.8 Å². The first-order valence-electron chi connectivity index (χ1n) is 9.10. The Labute approximate surface area is 159 Å². The summed E-state index contributed by atoms with van der Waals surface area (Å²) in [6, 6.07) is 13.9. The van der Waals surface area contributed by atoms with Crippen molar-refractivity contribution in [1.82, 2.24) is 9.80 Å². The molecule has 1 fully saturated rings. The van der Waals surface area contributed by atoms with Crippen molar-refractivity contribution in [1.29, 1.82) is 0 Å². The van der Waals surface area contributed by atoms with Gasteiger partial charge in [0.25, 0.3) is 11.8 Å². The zero-order valence-corrected chi connectivity index (χ0v) is 15.8. The molecular weight excluding hydrogens is 342 g/mol. The summed E-state index contributed by atoms with van der Waals surface area (Å²) in [6.45, 7) is 2.20. The molecule has 2 amide bonds. The minimum absolute atomic E-state index is 0.00744. The predicted molar refractivity (Wildman–Crippen MR) is 105 cm³/mol. The molecule has 1 heterocycles. The van der Waals surface area contributed by atoms with E-state index in [1.54, 1.807) is 28.0 Å². The van der Waals surface area contributed by atoms with E-state index in [-0.39, 0.29) is 17.6 Å². The lowest BCUT2D eigenvalue weighted by Crippen LogP contribution is -2.37. The van der Waals surface area contributed by atoms with Crippen molar-refractivity contribution in [2.24, 2.45) is 0 Å². The maximum Gasteiger partial charge on any atom is 0.254 e. The molecular formula is C21H25N3O3. The van der Waals surface area contributed by atoms with Crippen molar-refractivity contribution in [3.63, 3.8) is 0 Å². The zero-order valence-electron chi connectivity index (χ0n) is 15.8. The fraction of sp³-hybridized carbons (Fsp3) is 0.333. The summed E-state index contributed by atoms with van der Waals surface area (Å²) in [7, 11) is 3.92. The molecule has 2 aromatic rings. The monoisotopic (exact) mass is 367 g/mol. The Morgan fingerprint density at radius 2 is 1.44 bits per heavy atom. The minimum atomic E-state index is -0.115. The van der Waals surface area contributed by atoms with Gasteiger partial charge in [0, 0.05) is 57.1 Å². The largest absolute Gasteiger partial charge is 0.508 e. The molecule has 0 aromatic heterocycles. The first-order valence-corrected chi connectivity index (χ1v) is 9.10. The number of benzene rings is 2. The van der Waals surface area contributed by atoms with Crippen LogP contribution in [-0.2, 0) is 0 Å². The Morgan fingerprint density at radius 3 is 2.00 bits per heavy atom. The molecule has 142 valence electrons. The molecule has 0 bridgehead atoms. The highest BCUT2D eigenvalue weighted by atomic mass is 16.3. The second kappa shape index (κ2) is 8.12. The van der Waals surface area contributed by atoms with Crippen LogP contribution in [0.3, 0.4) is 0 Å². The number of hydrogen-bond donors (Lipinski definition) is 1. The van der Waals surface area contributed by atoms with Crippen LogP contribution in [0.5, 0.6) is 5.75 Å². The van der Waals surface area contributed by atoms with E-state index in [0.29, 0.717) is 37.3 Å². The van der Waals surface area contributed by atoms with Gasteiger partial charge in [-0.2, -0.15) is 0 Å². The Morgan fingerprint density at radius 1 is 0.852 bits per heavy atom. The number of anilines is 1. The summed E-state index contributed by atoms with van der Waals surface area (Å²) < 4.78 is 0. The number of hydrogen-bond acceptors (Lipinski definition) is 4. The zero-order chi connectivity index (χ0) is 19.4. The predicted octanol–water partition coefficient (Wildman–Crippen LogP) is 2.45. The van der Waals surface area contributed by atoms with Crippen LogP contribution in [-0.4, -0.2) is 67.0 Å². The average Bonchev–Trinajstić information content (AvgIpc) is 2.93. The summed E-state index contributed by atoms with van der Waals surface area (Å²) in [6.07, 6.45) is 0.728. The summed E-state index contributed by atoms with van der Waals surface area (Å²) in [5.74, 6) is -0.0452. The highest BCUT2D eigenvalue weighted by Gasteiger charge is 2.23. The van der Waals surface area contributed by atoms with E-state index in [0.717, 1.165) is 12.1 Å². The average molecular weight is 367 g/mol. The van der Waals surface area contributed by atoms with Crippen molar-refractivity contribution < 1.29 is 14.7 Å². The molecule has 0 atom stereocenters. The Bertz CT molecular complexity index is 818. The molecule has 0 radical (unpaired) electrons. The number of carbonyl (C=O) groups is 2. The summed E-state index contributed by atoms with van der Waals surface area (Å²) in [5, 5.41) is 9.58. The summed E-state index contributed by atoms with van der Waals surface area (Å²) in [4.78, 5) is 31.0. The third kappa shape index (κ3) is 4.39. The van der Waals surface area contributed by atoms with Crippen molar-refractivity contribution in [3.8, 4) is 5.75 Å². The standard InChI is InChI=1S/C21H25N3O3/c1-22(2)18-9-7-16(8-10-18)20(26)23-11-4-12-24(14-13-23)21(27)17-5-3-6-19(25)15-17/h3,5-10,15,25H,4,11-14H2,1-2H3. The van der Waals surface area contributed by atoms with E-state index in [4.69, 9.17) is 0 Å². The number of carbonyl (C=O) groups excluding carboxylic acids is 2. The van der Waals surface area contributed by atoms with Crippen LogP contribution in [0.2, 0.25) is 0 Å². The highest BCUT2D eigenvalue weighted by molar-refractivity contribution is 5.96. The molecule has 6 heteroatoms. The number of aromatic hydroxyl groups is 1. The van der Waals surface area contributed by atoms with Crippen LogP contribution in [0.4, 0.5) is 5.69 Å². The van der Waals surface area contributed by atoms with Gasteiger partial charge in [-0.1, -0.05) is 6.07 Å². The Balaban J connectivity index is 1.65.